The van der Waals surface area contributed by atoms with Crippen LogP contribution in [0.25, 0.3) is 0 Å². The average Bonchev–Trinajstić information content (AvgIpc) is 2.31. The van der Waals surface area contributed by atoms with E-state index in [1.165, 1.54) is 12.8 Å². The topological polar surface area (TPSA) is 26.3 Å². The zero-order valence-electron chi connectivity index (χ0n) is 6.25. The van der Waals surface area contributed by atoms with Crippen LogP contribution in [0.15, 0.2) is 0 Å². The summed E-state index contributed by atoms with van der Waals surface area (Å²) in [4.78, 5) is 10.9. The summed E-state index contributed by atoms with van der Waals surface area (Å²) in [6.07, 6.45) is 4.51. The van der Waals surface area contributed by atoms with E-state index in [1.54, 1.807) is 0 Å². The van der Waals surface area contributed by atoms with Gasteiger partial charge in [-0.25, -0.2) is 0 Å². The average molecular weight is 266 g/mol. The lowest BCUT2D eigenvalue weighted by Crippen LogP contribution is -2.28. The van der Waals surface area contributed by atoms with Gasteiger partial charge in [-0.1, -0.05) is 22.6 Å². The SMILES string of the molecule is O=C1CC2C(I)CCCC2O1. The van der Waals surface area contributed by atoms with E-state index >= 15 is 0 Å². The van der Waals surface area contributed by atoms with Crippen molar-refractivity contribution in [1.29, 1.82) is 0 Å². The molecule has 2 nitrogen and oxygen atoms in total. The van der Waals surface area contributed by atoms with Crippen LogP contribution in [0, 0.1) is 5.92 Å². The highest BCUT2D eigenvalue weighted by molar-refractivity contribution is 14.1. The maximum atomic E-state index is 10.9. The van der Waals surface area contributed by atoms with Gasteiger partial charge in [0.15, 0.2) is 0 Å². The predicted molar refractivity (Wildman–Crippen MR) is 49.6 cm³/mol. The number of hydrogen-bond acceptors (Lipinski definition) is 2. The molecule has 3 atom stereocenters. The van der Waals surface area contributed by atoms with Gasteiger partial charge in [0.25, 0.3) is 0 Å². The standard InChI is InChI=1S/C8H11IO2/c9-6-2-1-3-7-5(6)4-8(10)11-7/h5-7H,1-4H2. The van der Waals surface area contributed by atoms with Gasteiger partial charge in [0.05, 0.1) is 6.42 Å². The number of carbonyl (C=O) groups is 1. The number of hydrogen-bond donors (Lipinski definition) is 0. The molecule has 1 heterocycles. The molecule has 3 unspecified atom stereocenters. The molecule has 1 aliphatic carbocycles. The van der Waals surface area contributed by atoms with Crippen molar-refractivity contribution in [2.45, 2.75) is 35.7 Å². The first-order chi connectivity index (χ1) is 5.27. The fraction of sp³-hybridized carbons (Fsp3) is 0.875. The van der Waals surface area contributed by atoms with E-state index in [1.807, 2.05) is 0 Å². The number of carbonyl (C=O) groups excluding carboxylic acids is 1. The molecule has 2 fully saturated rings. The van der Waals surface area contributed by atoms with Gasteiger partial charge in [0.1, 0.15) is 6.10 Å². The summed E-state index contributed by atoms with van der Waals surface area (Å²) < 4.78 is 5.86. The first kappa shape index (κ1) is 7.83. The lowest BCUT2D eigenvalue weighted by Gasteiger charge is -2.27. The molecule has 0 amide bonds. The summed E-state index contributed by atoms with van der Waals surface area (Å²) >= 11 is 2.45. The van der Waals surface area contributed by atoms with Crippen molar-refractivity contribution in [3.05, 3.63) is 0 Å². The van der Waals surface area contributed by atoms with E-state index in [0.29, 0.717) is 16.3 Å². The van der Waals surface area contributed by atoms with Crippen LogP contribution in [0.2, 0.25) is 0 Å². The first-order valence-corrected chi connectivity index (χ1v) is 5.35. The molecule has 0 aromatic heterocycles. The largest absolute Gasteiger partial charge is 0.462 e. The summed E-state index contributed by atoms with van der Waals surface area (Å²) in [5.41, 5.74) is 0. The molecule has 0 bridgehead atoms. The van der Waals surface area contributed by atoms with E-state index in [0.717, 1.165) is 6.42 Å². The molecule has 1 saturated heterocycles. The predicted octanol–water partition coefficient (Wildman–Crippen LogP) is 1.91. The summed E-state index contributed by atoms with van der Waals surface area (Å²) in [6, 6.07) is 0. The highest BCUT2D eigenvalue weighted by Gasteiger charge is 2.40. The minimum Gasteiger partial charge on any atom is -0.462 e. The third-order valence-corrected chi connectivity index (χ3v) is 4.14. The summed E-state index contributed by atoms with van der Waals surface area (Å²) in [5, 5.41) is 0. The molecule has 0 aromatic carbocycles. The minimum atomic E-state index is 0.0172. The molecule has 11 heavy (non-hydrogen) atoms. The fourth-order valence-corrected chi connectivity index (χ4v) is 3.15. The fourth-order valence-electron chi connectivity index (χ4n) is 1.99. The van der Waals surface area contributed by atoms with E-state index in [-0.39, 0.29) is 12.1 Å². The summed E-state index contributed by atoms with van der Waals surface area (Å²) in [6.45, 7) is 0. The Morgan fingerprint density at radius 3 is 3.00 bits per heavy atom. The Hall–Kier alpha value is 0.200. The minimum absolute atomic E-state index is 0.0172. The highest BCUT2D eigenvalue weighted by atomic mass is 127. The van der Waals surface area contributed by atoms with E-state index in [4.69, 9.17) is 4.74 Å². The quantitative estimate of drug-likeness (QED) is 0.380. The van der Waals surface area contributed by atoms with Gasteiger partial charge < -0.3 is 4.74 Å². The van der Waals surface area contributed by atoms with Crippen molar-refractivity contribution in [2.24, 2.45) is 5.92 Å². The van der Waals surface area contributed by atoms with Gasteiger partial charge in [0.2, 0.25) is 0 Å². The third kappa shape index (κ3) is 1.39. The van der Waals surface area contributed by atoms with Gasteiger partial charge in [-0.3, -0.25) is 4.79 Å². The van der Waals surface area contributed by atoms with Crippen LogP contribution in [0.4, 0.5) is 0 Å². The number of esters is 1. The second-order valence-electron chi connectivity index (χ2n) is 3.34. The normalized spacial score (nSPS) is 43.4. The molecule has 0 aromatic rings. The number of alkyl halides is 1. The smallest absolute Gasteiger partial charge is 0.306 e. The number of rotatable bonds is 0. The number of halogens is 1. The van der Waals surface area contributed by atoms with Crippen molar-refractivity contribution in [3.63, 3.8) is 0 Å². The van der Waals surface area contributed by atoms with E-state index in [2.05, 4.69) is 22.6 Å². The monoisotopic (exact) mass is 266 g/mol. The van der Waals surface area contributed by atoms with Crippen molar-refractivity contribution in [3.8, 4) is 0 Å². The molecule has 2 aliphatic rings. The second-order valence-corrected chi connectivity index (χ2v) is 4.94. The van der Waals surface area contributed by atoms with Gasteiger partial charge in [0, 0.05) is 9.84 Å². The number of ether oxygens (including phenoxy) is 1. The molecule has 1 aliphatic heterocycles. The zero-order chi connectivity index (χ0) is 7.84. The van der Waals surface area contributed by atoms with E-state index < -0.39 is 0 Å². The molecule has 1 saturated carbocycles. The zero-order valence-corrected chi connectivity index (χ0v) is 8.41. The summed E-state index contributed by atoms with van der Waals surface area (Å²) in [7, 11) is 0. The molecular weight excluding hydrogens is 255 g/mol. The van der Waals surface area contributed by atoms with Gasteiger partial charge in [-0.2, -0.15) is 0 Å². The Morgan fingerprint density at radius 1 is 1.45 bits per heavy atom. The lowest BCUT2D eigenvalue weighted by atomic mass is 9.86. The van der Waals surface area contributed by atoms with Gasteiger partial charge >= 0.3 is 5.97 Å². The maximum Gasteiger partial charge on any atom is 0.306 e. The highest BCUT2D eigenvalue weighted by Crippen LogP contribution is 2.38. The first-order valence-electron chi connectivity index (χ1n) is 4.11. The maximum absolute atomic E-state index is 10.9. The van der Waals surface area contributed by atoms with Gasteiger partial charge in [-0.05, 0) is 19.3 Å². The van der Waals surface area contributed by atoms with Crippen LogP contribution in [-0.2, 0) is 9.53 Å². The Balaban J connectivity index is 2.09. The lowest BCUT2D eigenvalue weighted by molar-refractivity contribution is -0.141. The molecule has 0 N–H and O–H groups in total. The molecule has 2 rings (SSSR count). The molecule has 0 spiro atoms. The molecule has 3 heteroatoms. The van der Waals surface area contributed by atoms with Crippen molar-refractivity contribution >= 4 is 28.6 Å². The van der Waals surface area contributed by atoms with Crippen LogP contribution in [0.1, 0.15) is 25.7 Å². The third-order valence-electron chi connectivity index (χ3n) is 2.60. The Kier molecular flexibility index (Phi) is 2.08. The van der Waals surface area contributed by atoms with Crippen LogP contribution in [0.3, 0.4) is 0 Å². The van der Waals surface area contributed by atoms with Crippen LogP contribution >= 0.6 is 22.6 Å². The summed E-state index contributed by atoms with van der Waals surface area (Å²) in [5.74, 6) is 0.542. The van der Waals surface area contributed by atoms with Gasteiger partial charge in [-0.15, -0.1) is 0 Å². The van der Waals surface area contributed by atoms with Crippen molar-refractivity contribution in [1.82, 2.24) is 0 Å². The Morgan fingerprint density at radius 2 is 2.27 bits per heavy atom. The van der Waals surface area contributed by atoms with Crippen LogP contribution < -0.4 is 0 Å². The Labute approximate surface area is 79.8 Å². The molecule has 0 radical (unpaired) electrons. The van der Waals surface area contributed by atoms with Crippen molar-refractivity contribution in [2.75, 3.05) is 0 Å². The van der Waals surface area contributed by atoms with Crippen LogP contribution in [0.5, 0.6) is 0 Å². The Bertz CT molecular complexity index is 181. The number of fused-ring (bicyclic) bond motifs is 1. The van der Waals surface area contributed by atoms with Crippen LogP contribution in [-0.4, -0.2) is 16.0 Å². The van der Waals surface area contributed by atoms with Crippen molar-refractivity contribution < 1.29 is 9.53 Å². The molecular formula is C8H11IO2. The molecule has 62 valence electrons. The van der Waals surface area contributed by atoms with E-state index in [9.17, 15) is 4.79 Å². The second kappa shape index (κ2) is 2.92.